The molecular weight excluding hydrogens is 210 g/mol. The van der Waals surface area contributed by atoms with Gasteiger partial charge in [0.1, 0.15) is 5.82 Å². The Kier molecular flexibility index (Phi) is 4.37. The van der Waals surface area contributed by atoms with Crippen LogP contribution in [0.1, 0.15) is 33.1 Å². The summed E-state index contributed by atoms with van der Waals surface area (Å²) >= 11 is 0. The highest BCUT2D eigenvalue weighted by atomic mass is 15.2. The van der Waals surface area contributed by atoms with Gasteiger partial charge in [-0.15, -0.1) is 0 Å². The van der Waals surface area contributed by atoms with Crippen molar-refractivity contribution in [2.75, 3.05) is 18.0 Å². The third-order valence-electron chi connectivity index (χ3n) is 3.60. The quantitative estimate of drug-likeness (QED) is 0.865. The van der Waals surface area contributed by atoms with Gasteiger partial charge >= 0.3 is 0 Å². The molecule has 2 rings (SSSR count). The standard InChI is InChI=1S/C14H23N3/c1-3-15-12(2)13-8-5-7-11-17(13)14-9-4-6-10-16-14/h4,6,9-10,12-13,15H,3,5,7-8,11H2,1-2H3. The van der Waals surface area contributed by atoms with Crippen LogP contribution < -0.4 is 10.2 Å². The fourth-order valence-electron chi connectivity index (χ4n) is 2.74. The van der Waals surface area contributed by atoms with Crippen LogP contribution in [0.4, 0.5) is 5.82 Å². The number of aromatic nitrogens is 1. The number of hydrogen-bond donors (Lipinski definition) is 1. The lowest BCUT2D eigenvalue weighted by molar-refractivity contribution is 0.370. The van der Waals surface area contributed by atoms with Crippen molar-refractivity contribution in [1.29, 1.82) is 0 Å². The maximum absolute atomic E-state index is 4.49. The first-order chi connectivity index (χ1) is 8.33. The van der Waals surface area contributed by atoms with Crippen molar-refractivity contribution >= 4 is 5.82 Å². The molecule has 0 spiro atoms. The topological polar surface area (TPSA) is 28.2 Å². The zero-order chi connectivity index (χ0) is 12.1. The van der Waals surface area contributed by atoms with Crippen LogP contribution in [-0.4, -0.2) is 30.2 Å². The molecule has 2 unspecified atom stereocenters. The van der Waals surface area contributed by atoms with E-state index in [0.717, 1.165) is 18.9 Å². The van der Waals surface area contributed by atoms with E-state index >= 15 is 0 Å². The molecule has 0 amide bonds. The molecule has 0 saturated carbocycles. The Morgan fingerprint density at radius 1 is 1.47 bits per heavy atom. The molecule has 2 atom stereocenters. The van der Waals surface area contributed by atoms with Gasteiger partial charge in [-0.05, 0) is 44.9 Å². The Bertz CT molecular complexity index is 325. The molecule has 1 aromatic rings. The molecule has 1 aliphatic rings. The monoisotopic (exact) mass is 233 g/mol. The molecule has 0 aromatic carbocycles. The highest BCUT2D eigenvalue weighted by Crippen LogP contribution is 2.24. The van der Waals surface area contributed by atoms with Crippen molar-refractivity contribution in [2.24, 2.45) is 0 Å². The van der Waals surface area contributed by atoms with Gasteiger partial charge in [0.25, 0.3) is 0 Å². The minimum atomic E-state index is 0.530. The number of likely N-dealkylation sites (N-methyl/N-ethyl adjacent to an activating group) is 1. The molecule has 1 N–H and O–H groups in total. The molecule has 3 heteroatoms. The van der Waals surface area contributed by atoms with Crippen LogP contribution in [0.5, 0.6) is 0 Å². The van der Waals surface area contributed by atoms with Gasteiger partial charge in [-0.1, -0.05) is 13.0 Å². The molecule has 0 bridgehead atoms. The fourth-order valence-corrected chi connectivity index (χ4v) is 2.74. The third kappa shape index (κ3) is 2.97. The summed E-state index contributed by atoms with van der Waals surface area (Å²) < 4.78 is 0. The van der Waals surface area contributed by atoms with Crippen molar-refractivity contribution in [2.45, 2.75) is 45.2 Å². The highest BCUT2D eigenvalue weighted by Gasteiger charge is 2.27. The minimum Gasteiger partial charge on any atom is -0.352 e. The van der Waals surface area contributed by atoms with E-state index in [4.69, 9.17) is 0 Å². The zero-order valence-corrected chi connectivity index (χ0v) is 10.9. The van der Waals surface area contributed by atoms with Gasteiger partial charge in [-0.3, -0.25) is 0 Å². The van der Waals surface area contributed by atoms with Crippen molar-refractivity contribution < 1.29 is 0 Å². The van der Waals surface area contributed by atoms with Crippen LogP contribution in [0.3, 0.4) is 0 Å². The Morgan fingerprint density at radius 3 is 3.06 bits per heavy atom. The predicted octanol–water partition coefficient (Wildman–Crippen LogP) is 2.44. The first kappa shape index (κ1) is 12.4. The van der Waals surface area contributed by atoms with Crippen LogP contribution in [-0.2, 0) is 0 Å². The maximum Gasteiger partial charge on any atom is 0.128 e. The molecule has 1 aromatic heterocycles. The maximum atomic E-state index is 4.49. The van der Waals surface area contributed by atoms with Gasteiger partial charge in [-0.2, -0.15) is 0 Å². The number of nitrogens with zero attached hydrogens (tertiary/aromatic N) is 2. The van der Waals surface area contributed by atoms with Crippen LogP contribution in [0, 0.1) is 0 Å². The molecule has 3 nitrogen and oxygen atoms in total. The average Bonchev–Trinajstić information content (AvgIpc) is 2.40. The van der Waals surface area contributed by atoms with Crippen LogP contribution in [0.25, 0.3) is 0 Å². The molecule has 1 aliphatic heterocycles. The Hall–Kier alpha value is -1.09. The molecule has 0 aliphatic carbocycles. The number of anilines is 1. The van der Waals surface area contributed by atoms with Crippen molar-refractivity contribution in [3.63, 3.8) is 0 Å². The Morgan fingerprint density at radius 2 is 2.35 bits per heavy atom. The van der Waals surface area contributed by atoms with E-state index in [1.165, 1.54) is 19.3 Å². The molecular formula is C14H23N3. The summed E-state index contributed by atoms with van der Waals surface area (Å²) in [5.41, 5.74) is 0. The van der Waals surface area contributed by atoms with E-state index in [1.807, 2.05) is 12.3 Å². The number of piperidine rings is 1. The summed E-state index contributed by atoms with van der Waals surface area (Å²) in [6, 6.07) is 7.29. The van der Waals surface area contributed by atoms with Gasteiger partial charge in [-0.25, -0.2) is 4.98 Å². The smallest absolute Gasteiger partial charge is 0.128 e. The Labute approximate surface area is 104 Å². The second-order valence-electron chi connectivity index (χ2n) is 4.79. The van der Waals surface area contributed by atoms with Crippen LogP contribution in [0.15, 0.2) is 24.4 Å². The SMILES string of the molecule is CCNC(C)C1CCCCN1c1ccccn1. The lowest BCUT2D eigenvalue weighted by Gasteiger charge is -2.40. The van der Waals surface area contributed by atoms with Crippen LogP contribution >= 0.6 is 0 Å². The number of hydrogen-bond acceptors (Lipinski definition) is 3. The number of nitrogens with one attached hydrogen (secondary N) is 1. The normalized spacial score (nSPS) is 22.5. The van der Waals surface area contributed by atoms with E-state index in [9.17, 15) is 0 Å². The molecule has 17 heavy (non-hydrogen) atoms. The summed E-state index contributed by atoms with van der Waals surface area (Å²) in [5, 5.41) is 3.55. The third-order valence-corrected chi connectivity index (χ3v) is 3.60. The van der Waals surface area contributed by atoms with Gasteiger partial charge in [0, 0.05) is 24.8 Å². The summed E-state index contributed by atoms with van der Waals surface area (Å²) in [7, 11) is 0. The van der Waals surface area contributed by atoms with Crippen molar-refractivity contribution in [3.05, 3.63) is 24.4 Å². The predicted molar refractivity (Wildman–Crippen MR) is 72.4 cm³/mol. The van der Waals surface area contributed by atoms with E-state index in [0.29, 0.717) is 12.1 Å². The second-order valence-corrected chi connectivity index (χ2v) is 4.79. The first-order valence-electron chi connectivity index (χ1n) is 6.74. The molecule has 1 saturated heterocycles. The number of pyridine rings is 1. The van der Waals surface area contributed by atoms with E-state index in [-0.39, 0.29) is 0 Å². The summed E-state index contributed by atoms with van der Waals surface area (Å²) in [6.07, 6.45) is 5.78. The molecule has 94 valence electrons. The zero-order valence-electron chi connectivity index (χ0n) is 10.9. The average molecular weight is 233 g/mol. The van der Waals surface area contributed by atoms with Crippen molar-refractivity contribution in [1.82, 2.24) is 10.3 Å². The lowest BCUT2D eigenvalue weighted by Crippen LogP contribution is -2.51. The van der Waals surface area contributed by atoms with Gasteiger partial charge in [0.15, 0.2) is 0 Å². The van der Waals surface area contributed by atoms with Crippen molar-refractivity contribution in [3.8, 4) is 0 Å². The summed E-state index contributed by atoms with van der Waals surface area (Å²) in [5.74, 6) is 1.13. The molecule has 2 heterocycles. The second kappa shape index (κ2) is 6.01. The Balaban J connectivity index is 2.12. The minimum absolute atomic E-state index is 0.530. The molecule has 1 fully saturated rings. The fraction of sp³-hybridized carbons (Fsp3) is 0.643. The molecule has 0 radical (unpaired) electrons. The van der Waals surface area contributed by atoms with Gasteiger partial charge in [0.05, 0.1) is 0 Å². The largest absolute Gasteiger partial charge is 0.352 e. The van der Waals surface area contributed by atoms with Gasteiger partial charge in [0.2, 0.25) is 0 Å². The lowest BCUT2D eigenvalue weighted by atomic mass is 9.96. The van der Waals surface area contributed by atoms with E-state index < -0.39 is 0 Å². The first-order valence-corrected chi connectivity index (χ1v) is 6.74. The summed E-state index contributed by atoms with van der Waals surface area (Å²) in [6.45, 7) is 6.63. The van der Waals surface area contributed by atoms with Crippen LogP contribution in [0.2, 0.25) is 0 Å². The van der Waals surface area contributed by atoms with Gasteiger partial charge < -0.3 is 10.2 Å². The summed E-state index contributed by atoms with van der Waals surface area (Å²) in [4.78, 5) is 6.96. The highest BCUT2D eigenvalue weighted by molar-refractivity contribution is 5.40. The van der Waals surface area contributed by atoms with E-state index in [1.54, 1.807) is 0 Å². The van der Waals surface area contributed by atoms with E-state index in [2.05, 4.69) is 41.2 Å². The number of rotatable bonds is 4.